The molecule has 1 aliphatic carbocycles. The monoisotopic (exact) mass is 626 g/mol. The van der Waals surface area contributed by atoms with E-state index in [0.717, 1.165) is 0 Å². The first kappa shape index (κ1) is 31.1. The third-order valence-corrected chi connectivity index (χ3v) is 8.20. The molecule has 2 aromatic carbocycles. The van der Waals surface area contributed by atoms with Crippen LogP contribution in [0.3, 0.4) is 0 Å². The molecule has 0 saturated carbocycles. The molecule has 42 heavy (non-hydrogen) atoms. The molecule has 0 spiro atoms. The topological polar surface area (TPSA) is 133 Å². The first-order valence-corrected chi connectivity index (χ1v) is 14.3. The third-order valence-electron chi connectivity index (χ3n) is 6.38. The zero-order valence-corrected chi connectivity index (χ0v) is 24.1. The third kappa shape index (κ3) is 7.12. The summed E-state index contributed by atoms with van der Waals surface area (Å²) in [5, 5.41) is 6.10. The van der Waals surface area contributed by atoms with Crippen LogP contribution < -0.4 is 19.5 Å². The van der Waals surface area contributed by atoms with Crippen molar-refractivity contribution < 1.29 is 40.4 Å². The number of carbonyl (C=O) groups is 1. The number of alkyl halides is 3. The number of hydrogen-bond donors (Lipinski definition) is 2. The predicted molar refractivity (Wildman–Crippen MR) is 147 cm³/mol. The van der Waals surface area contributed by atoms with Gasteiger partial charge in [0.2, 0.25) is 15.9 Å². The number of allylic oxidation sites excluding steroid dienone is 1. The molecule has 1 amide bonds. The Morgan fingerprint density at radius 2 is 1.83 bits per heavy atom. The molecule has 10 nitrogen and oxygen atoms in total. The molecule has 3 aromatic rings. The van der Waals surface area contributed by atoms with E-state index in [1.165, 1.54) is 26.4 Å². The van der Waals surface area contributed by atoms with Gasteiger partial charge in [-0.1, -0.05) is 54.0 Å². The van der Waals surface area contributed by atoms with Crippen molar-refractivity contribution in [3.05, 3.63) is 87.4 Å². The van der Waals surface area contributed by atoms with E-state index in [1.807, 2.05) is 0 Å². The fourth-order valence-corrected chi connectivity index (χ4v) is 5.66. The number of halogens is 4. The quantitative estimate of drug-likeness (QED) is 0.336. The largest absolute Gasteiger partial charge is 0.497 e. The summed E-state index contributed by atoms with van der Waals surface area (Å²) < 4.78 is 84.5. The summed E-state index contributed by atoms with van der Waals surface area (Å²) in [6.07, 6.45) is -2.40. The molecule has 2 atom stereocenters. The maximum atomic E-state index is 13.6. The molecule has 2 unspecified atom stereocenters. The van der Waals surface area contributed by atoms with E-state index in [4.69, 9.17) is 25.6 Å². The number of nitrogens with one attached hydrogen (secondary N) is 2. The summed E-state index contributed by atoms with van der Waals surface area (Å²) in [4.78, 5) is 15.8. The molecule has 4 rings (SSSR count). The second-order valence-corrected chi connectivity index (χ2v) is 11.4. The molecular weight excluding hydrogens is 601 g/mol. The lowest BCUT2D eigenvalue weighted by atomic mass is 9.92. The van der Waals surface area contributed by atoms with Gasteiger partial charge < -0.3 is 19.3 Å². The van der Waals surface area contributed by atoms with Gasteiger partial charge in [-0.25, -0.2) is 13.1 Å². The van der Waals surface area contributed by atoms with E-state index in [2.05, 4.69) is 20.2 Å². The summed E-state index contributed by atoms with van der Waals surface area (Å²) in [6.45, 7) is 1.41. The van der Waals surface area contributed by atoms with Crippen LogP contribution in [0.15, 0.2) is 64.0 Å². The van der Waals surface area contributed by atoms with Crippen molar-refractivity contribution in [1.29, 1.82) is 0 Å². The number of nitrogens with zero attached hydrogens (tertiary/aromatic N) is 2. The van der Waals surface area contributed by atoms with Crippen LogP contribution in [-0.4, -0.2) is 44.7 Å². The number of aromatic nitrogens is 2. The average Bonchev–Trinajstić information content (AvgIpc) is 3.45. The number of ether oxygens (including phenoxy) is 2. The second kappa shape index (κ2) is 12.5. The molecule has 0 radical (unpaired) electrons. The van der Waals surface area contributed by atoms with Gasteiger partial charge in [-0.2, -0.15) is 18.2 Å². The van der Waals surface area contributed by atoms with Gasteiger partial charge in [-0.15, -0.1) is 0 Å². The van der Waals surface area contributed by atoms with E-state index in [-0.39, 0.29) is 18.5 Å². The van der Waals surface area contributed by atoms with Crippen LogP contribution in [-0.2, 0) is 34.0 Å². The van der Waals surface area contributed by atoms with Crippen molar-refractivity contribution in [2.75, 3.05) is 14.2 Å². The number of benzene rings is 2. The summed E-state index contributed by atoms with van der Waals surface area (Å²) in [6, 6.07) is 10.7. The van der Waals surface area contributed by atoms with Gasteiger partial charge in [0.05, 0.1) is 37.2 Å². The fraction of sp³-hybridized carbons (Fsp3) is 0.296. The van der Waals surface area contributed by atoms with Gasteiger partial charge in [0.15, 0.2) is 0 Å². The van der Waals surface area contributed by atoms with Crippen molar-refractivity contribution in [3.8, 4) is 11.5 Å². The first-order valence-electron chi connectivity index (χ1n) is 12.4. The average molecular weight is 627 g/mol. The highest BCUT2D eigenvalue weighted by Crippen LogP contribution is 2.36. The van der Waals surface area contributed by atoms with Crippen LogP contribution in [0.5, 0.6) is 11.5 Å². The van der Waals surface area contributed by atoms with Gasteiger partial charge in [0.25, 0.3) is 11.7 Å². The predicted octanol–water partition coefficient (Wildman–Crippen LogP) is 4.52. The van der Waals surface area contributed by atoms with Crippen LogP contribution in [0, 0.1) is 5.92 Å². The van der Waals surface area contributed by atoms with Crippen LogP contribution in [0.2, 0.25) is 5.02 Å². The number of amides is 1. The number of carbonyl (C=O) groups excluding carboxylic acids is 1. The minimum absolute atomic E-state index is 0.0799. The van der Waals surface area contributed by atoms with E-state index in [9.17, 15) is 26.4 Å². The Bertz CT molecular complexity index is 1640. The molecule has 0 aliphatic heterocycles. The fourth-order valence-electron chi connectivity index (χ4n) is 4.19. The van der Waals surface area contributed by atoms with Crippen LogP contribution in [0.25, 0.3) is 5.57 Å². The Kier molecular flexibility index (Phi) is 9.28. The van der Waals surface area contributed by atoms with Crippen molar-refractivity contribution in [2.45, 2.75) is 32.1 Å². The maximum absolute atomic E-state index is 13.6. The Morgan fingerprint density at radius 3 is 2.48 bits per heavy atom. The molecule has 15 heteroatoms. The standard InChI is InChI=1S/C27H26ClF3N4O6S/c1-15-10-19(25-34-26(35-41-25)27(29,30)31)23(13-21(15)33-24(36)11-16-6-4-5-7-20(16)28)42(37,38)32-14-17-8-9-18(39-2)12-22(17)40-3/h4-10,12-13,15,21,32H,11,14H2,1-3H3,(H,33,36). The molecule has 0 saturated heterocycles. The van der Waals surface area contributed by atoms with E-state index < -0.39 is 50.7 Å². The van der Waals surface area contributed by atoms with Crippen molar-refractivity contribution in [1.82, 2.24) is 20.2 Å². The summed E-state index contributed by atoms with van der Waals surface area (Å²) >= 11 is 6.16. The van der Waals surface area contributed by atoms with Gasteiger partial charge in [0, 0.05) is 23.2 Å². The van der Waals surface area contributed by atoms with Crippen molar-refractivity contribution in [2.24, 2.45) is 5.92 Å². The van der Waals surface area contributed by atoms with Crippen molar-refractivity contribution in [3.63, 3.8) is 0 Å². The number of hydrogen-bond acceptors (Lipinski definition) is 8. The smallest absolute Gasteiger partial charge is 0.455 e. The van der Waals surface area contributed by atoms with E-state index in [1.54, 1.807) is 49.4 Å². The van der Waals surface area contributed by atoms with Gasteiger partial charge in [-0.05, 0) is 29.7 Å². The maximum Gasteiger partial charge on any atom is 0.455 e. The number of sulfonamides is 1. The van der Waals surface area contributed by atoms with Crippen LogP contribution >= 0.6 is 11.6 Å². The molecule has 1 aliphatic rings. The Labute approximate surface area is 244 Å². The van der Waals surface area contributed by atoms with E-state index in [0.29, 0.717) is 27.6 Å². The Hall–Kier alpha value is -3.88. The molecule has 2 N–H and O–H groups in total. The molecule has 224 valence electrons. The van der Waals surface area contributed by atoms with Crippen LogP contribution in [0.4, 0.5) is 13.2 Å². The zero-order valence-electron chi connectivity index (χ0n) is 22.5. The minimum Gasteiger partial charge on any atom is -0.497 e. The Morgan fingerprint density at radius 1 is 1.10 bits per heavy atom. The minimum atomic E-state index is -4.91. The molecular formula is C27H26ClF3N4O6S. The molecule has 0 bridgehead atoms. The SMILES string of the molecule is COc1ccc(CNS(=O)(=O)C2=CC(NC(=O)Cc3ccccc3Cl)C(C)C=C2c2nc(C(F)(F)F)no2)c(OC)c1. The molecule has 0 fully saturated rings. The molecule has 1 aromatic heterocycles. The lowest BCUT2D eigenvalue weighted by Gasteiger charge is -2.27. The summed E-state index contributed by atoms with van der Waals surface area (Å²) in [7, 11) is -1.56. The lowest BCUT2D eigenvalue weighted by Crippen LogP contribution is -2.41. The second-order valence-electron chi connectivity index (χ2n) is 9.26. The Balaban J connectivity index is 1.66. The molecule has 1 heterocycles. The van der Waals surface area contributed by atoms with Gasteiger partial charge in [-0.3, -0.25) is 4.79 Å². The van der Waals surface area contributed by atoms with Gasteiger partial charge in [0.1, 0.15) is 11.5 Å². The number of rotatable bonds is 10. The van der Waals surface area contributed by atoms with Gasteiger partial charge >= 0.3 is 6.18 Å². The first-order chi connectivity index (χ1) is 19.8. The summed E-state index contributed by atoms with van der Waals surface area (Å²) in [5.74, 6) is -2.40. The highest BCUT2D eigenvalue weighted by Gasteiger charge is 2.39. The highest BCUT2D eigenvalue weighted by atomic mass is 35.5. The summed E-state index contributed by atoms with van der Waals surface area (Å²) in [5.41, 5.74) is 0.782. The highest BCUT2D eigenvalue weighted by molar-refractivity contribution is 7.94. The van der Waals surface area contributed by atoms with Crippen LogP contribution in [0.1, 0.15) is 29.8 Å². The lowest BCUT2D eigenvalue weighted by molar-refractivity contribution is -0.146. The normalized spacial score (nSPS) is 17.3. The van der Waals surface area contributed by atoms with Crippen molar-refractivity contribution >= 4 is 33.1 Å². The number of methoxy groups -OCH3 is 2. The zero-order chi connectivity index (χ0) is 30.7. The van der Waals surface area contributed by atoms with E-state index >= 15 is 0 Å².